The molecule has 1 saturated heterocycles. The number of nitrogens with one attached hydrogen (secondary N) is 1. The fraction of sp³-hybridized carbons (Fsp3) is 0.500. The summed E-state index contributed by atoms with van der Waals surface area (Å²) in [6.45, 7) is 2.76. The molecule has 1 aromatic carbocycles. The smallest absolute Gasteiger partial charge is 0.273 e. The fourth-order valence-electron chi connectivity index (χ4n) is 1.99. The zero-order chi connectivity index (χ0) is 12.1. The van der Waals surface area contributed by atoms with Crippen LogP contribution < -0.4 is 10.1 Å². The molecule has 0 spiro atoms. The summed E-state index contributed by atoms with van der Waals surface area (Å²) < 4.78 is 5.53. The minimum atomic E-state index is -0.409. The summed E-state index contributed by atoms with van der Waals surface area (Å²) in [5.74, 6) is 1.25. The zero-order valence-electron chi connectivity index (χ0n) is 9.59. The van der Waals surface area contributed by atoms with Gasteiger partial charge in [0, 0.05) is 6.07 Å². The van der Waals surface area contributed by atoms with E-state index in [4.69, 9.17) is 4.74 Å². The predicted molar refractivity (Wildman–Crippen MR) is 64.2 cm³/mol. The van der Waals surface area contributed by atoms with Gasteiger partial charge in [-0.3, -0.25) is 10.1 Å². The fourth-order valence-corrected chi connectivity index (χ4v) is 1.99. The third kappa shape index (κ3) is 3.42. The summed E-state index contributed by atoms with van der Waals surface area (Å²) in [6, 6.07) is 6.32. The SMILES string of the molecule is O=[N+]([O-])c1cccc(OCCC2CCNC2)c1. The molecule has 5 nitrogen and oxygen atoms in total. The van der Waals surface area contributed by atoms with Crippen molar-refractivity contribution in [1.82, 2.24) is 5.32 Å². The van der Waals surface area contributed by atoms with Crippen LogP contribution in [0.25, 0.3) is 0 Å². The zero-order valence-corrected chi connectivity index (χ0v) is 9.59. The maximum atomic E-state index is 10.6. The van der Waals surface area contributed by atoms with E-state index in [2.05, 4.69) is 5.32 Å². The first-order valence-electron chi connectivity index (χ1n) is 5.83. The molecule has 92 valence electrons. The third-order valence-corrected chi connectivity index (χ3v) is 2.99. The number of nitrogens with zero attached hydrogens (tertiary/aromatic N) is 1. The molecule has 0 radical (unpaired) electrons. The second-order valence-corrected chi connectivity index (χ2v) is 4.25. The van der Waals surface area contributed by atoms with Gasteiger partial charge in [0.05, 0.1) is 17.6 Å². The average molecular weight is 236 g/mol. The van der Waals surface area contributed by atoms with Gasteiger partial charge in [0.15, 0.2) is 0 Å². The predicted octanol–water partition coefficient (Wildman–Crippen LogP) is 1.97. The lowest BCUT2D eigenvalue weighted by Crippen LogP contribution is -2.11. The van der Waals surface area contributed by atoms with Gasteiger partial charge in [-0.2, -0.15) is 0 Å². The number of ether oxygens (including phenoxy) is 1. The second kappa shape index (κ2) is 5.63. The van der Waals surface area contributed by atoms with Crippen molar-refractivity contribution in [2.45, 2.75) is 12.8 Å². The number of hydrogen-bond donors (Lipinski definition) is 1. The maximum Gasteiger partial charge on any atom is 0.273 e. The van der Waals surface area contributed by atoms with Gasteiger partial charge in [0.1, 0.15) is 5.75 Å². The van der Waals surface area contributed by atoms with E-state index < -0.39 is 4.92 Å². The van der Waals surface area contributed by atoms with E-state index in [9.17, 15) is 10.1 Å². The number of rotatable bonds is 5. The van der Waals surface area contributed by atoms with E-state index in [0.29, 0.717) is 18.3 Å². The highest BCUT2D eigenvalue weighted by Gasteiger charge is 2.14. The topological polar surface area (TPSA) is 64.4 Å². The molecule has 1 atom stereocenters. The molecule has 0 aliphatic carbocycles. The lowest BCUT2D eigenvalue weighted by atomic mass is 10.1. The number of nitro benzene ring substituents is 1. The molecule has 0 aromatic heterocycles. The molecule has 1 aliphatic rings. The van der Waals surface area contributed by atoms with E-state index in [1.807, 2.05) is 0 Å². The lowest BCUT2D eigenvalue weighted by Gasteiger charge is -2.09. The Balaban J connectivity index is 1.81. The summed E-state index contributed by atoms with van der Waals surface area (Å²) in [5.41, 5.74) is 0.0741. The molecule has 5 heteroatoms. The van der Waals surface area contributed by atoms with E-state index in [-0.39, 0.29) is 5.69 Å². The summed E-state index contributed by atoms with van der Waals surface area (Å²) in [6.07, 6.45) is 2.19. The van der Waals surface area contributed by atoms with Crippen LogP contribution in [0.4, 0.5) is 5.69 Å². The summed E-state index contributed by atoms with van der Waals surface area (Å²) >= 11 is 0. The van der Waals surface area contributed by atoms with Gasteiger partial charge < -0.3 is 10.1 Å². The van der Waals surface area contributed by atoms with Gasteiger partial charge in [0.2, 0.25) is 0 Å². The quantitative estimate of drug-likeness (QED) is 0.627. The summed E-state index contributed by atoms with van der Waals surface area (Å²) in [4.78, 5) is 10.2. The van der Waals surface area contributed by atoms with Crippen LogP contribution in [0.1, 0.15) is 12.8 Å². The minimum Gasteiger partial charge on any atom is -0.493 e. The van der Waals surface area contributed by atoms with Crippen LogP contribution in [0, 0.1) is 16.0 Å². The third-order valence-electron chi connectivity index (χ3n) is 2.99. The van der Waals surface area contributed by atoms with Crippen LogP contribution in [-0.4, -0.2) is 24.6 Å². The number of non-ortho nitro benzene ring substituents is 1. The highest BCUT2D eigenvalue weighted by Crippen LogP contribution is 2.20. The summed E-state index contributed by atoms with van der Waals surface area (Å²) in [7, 11) is 0. The molecule has 17 heavy (non-hydrogen) atoms. The second-order valence-electron chi connectivity index (χ2n) is 4.25. The van der Waals surface area contributed by atoms with Gasteiger partial charge in [-0.05, 0) is 37.9 Å². The van der Waals surface area contributed by atoms with E-state index in [0.717, 1.165) is 19.5 Å². The normalized spacial score (nSPS) is 19.2. The number of benzene rings is 1. The van der Waals surface area contributed by atoms with Crippen LogP contribution in [-0.2, 0) is 0 Å². The van der Waals surface area contributed by atoms with Gasteiger partial charge in [-0.25, -0.2) is 0 Å². The molecule has 1 fully saturated rings. The number of nitro groups is 1. The first-order chi connectivity index (χ1) is 8.25. The van der Waals surface area contributed by atoms with Crippen molar-refractivity contribution >= 4 is 5.69 Å². The Bertz CT molecular complexity index is 389. The molecule has 1 N–H and O–H groups in total. The lowest BCUT2D eigenvalue weighted by molar-refractivity contribution is -0.384. The average Bonchev–Trinajstić information content (AvgIpc) is 2.82. The van der Waals surface area contributed by atoms with E-state index in [1.165, 1.54) is 18.6 Å². The highest BCUT2D eigenvalue weighted by atomic mass is 16.6. The van der Waals surface area contributed by atoms with E-state index in [1.54, 1.807) is 12.1 Å². The Labute approximate surface area is 99.9 Å². The van der Waals surface area contributed by atoms with Crippen LogP contribution in [0.2, 0.25) is 0 Å². The van der Waals surface area contributed by atoms with Gasteiger partial charge >= 0.3 is 0 Å². The Morgan fingerprint density at radius 3 is 3.12 bits per heavy atom. The molecule has 1 aliphatic heterocycles. The highest BCUT2D eigenvalue weighted by molar-refractivity contribution is 5.37. The molecular weight excluding hydrogens is 220 g/mol. The van der Waals surface area contributed by atoms with Crippen molar-refractivity contribution in [3.8, 4) is 5.75 Å². The number of hydrogen-bond acceptors (Lipinski definition) is 4. The molecule has 0 bridgehead atoms. The van der Waals surface area contributed by atoms with Crippen LogP contribution >= 0.6 is 0 Å². The molecular formula is C12H16N2O3. The molecule has 1 heterocycles. The van der Waals surface area contributed by atoms with Crippen molar-refractivity contribution in [3.05, 3.63) is 34.4 Å². The first kappa shape index (κ1) is 11.9. The molecule has 2 rings (SSSR count). The monoisotopic (exact) mass is 236 g/mol. The molecule has 0 amide bonds. The minimum absolute atomic E-state index is 0.0741. The largest absolute Gasteiger partial charge is 0.493 e. The van der Waals surface area contributed by atoms with Crippen LogP contribution in [0.5, 0.6) is 5.75 Å². The standard InChI is InChI=1S/C12H16N2O3/c15-14(16)11-2-1-3-12(8-11)17-7-5-10-4-6-13-9-10/h1-3,8,10,13H,4-7,9H2. The molecule has 1 unspecified atom stereocenters. The first-order valence-corrected chi connectivity index (χ1v) is 5.83. The Kier molecular flexibility index (Phi) is 3.93. The van der Waals surface area contributed by atoms with Crippen molar-refractivity contribution in [3.63, 3.8) is 0 Å². The van der Waals surface area contributed by atoms with E-state index >= 15 is 0 Å². The van der Waals surface area contributed by atoms with Crippen LogP contribution in [0.15, 0.2) is 24.3 Å². The van der Waals surface area contributed by atoms with Gasteiger partial charge in [-0.1, -0.05) is 6.07 Å². The van der Waals surface area contributed by atoms with Crippen molar-refractivity contribution < 1.29 is 9.66 Å². The Morgan fingerprint density at radius 1 is 1.53 bits per heavy atom. The van der Waals surface area contributed by atoms with Gasteiger partial charge in [-0.15, -0.1) is 0 Å². The molecule has 1 aromatic rings. The maximum absolute atomic E-state index is 10.6. The Morgan fingerprint density at radius 2 is 2.41 bits per heavy atom. The van der Waals surface area contributed by atoms with Crippen molar-refractivity contribution in [2.24, 2.45) is 5.92 Å². The van der Waals surface area contributed by atoms with Gasteiger partial charge in [0.25, 0.3) is 5.69 Å². The molecule has 0 saturated carbocycles. The van der Waals surface area contributed by atoms with Crippen LogP contribution in [0.3, 0.4) is 0 Å². The summed E-state index contributed by atoms with van der Waals surface area (Å²) in [5, 5.41) is 13.9. The van der Waals surface area contributed by atoms with Crippen molar-refractivity contribution in [1.29, 1.82) is 0 Å². The van der Waals surface area contributed by atoms with Crippen molar-refractivity contribution in [2.75, 3.05) is 19.7 Å². The Hall–Kier alpha value is -1.62.